The summed E-state index contributed by atoms with van der Waals surface area (Å²) in [5.41, 5.74) is -0.331. The summed E-state index contributed by atoms with van der Waals surface area (Å²) in [7, 11) is 1.02. The van der Waals surface area contributed by atoms with Crippen molar-refractivity contribution in [1.82, 2.24) is 0 Å². The molecule has 0 radical (unpaired) electrons. The van der Waals surface area contributed by atoms with Crippen molar-refractivity contribution in [1.29, 1.82) is 0 Å². The summed E-state index contributed by atoms with van der Waals surface area (Å²) in [6, 6.07) is 3.55. The second-order valence-electron chi connectivity index (χ2n) is 6.42. The second kappa shape index (κ2) is 10.1. The van der Waals surface area contributed by atoms with Crippen molar-refractivity contribution < 1.29 is 53.2 Å². The van der Waals surface area contributed by atoms with E-state index in [1.54, 1.807) is 0 Å². The molecule has 0 saturated carbocycles. The maximum Gasteiger partial charge on any atom is 0.338 e. The lowest BCUT2D eigenvalue weighted by Gasteiger charge is -2.41. The van der Waals surface area contributed by atoms with Crippen LogP contribution in [0.3, 0.4) is 0 Å². The van der Waals surface area contributed by atoms with E-state index in [0.717, 1.165) is 33.1 Å². The van der Waals surface area contributed by atoms with Gasteiger partial charge in [-0.15, -0.1) is 0 Å². The third-order valence-corrected chi connectivity index (χ3v) is 4.20. The number of benzene rings is 1. The van der Waals surface area contributed by atoms with Crippen LogP contribution in [-0.2, 0) is 39.9 Å². The monoisotopic (exact) mass is 443 g/mol. The molecule has 1 heterocycles. The molecule has 2 rings (SSSR count). The third kappa shape index (κ3) is 5.65. The molecule has 31 heavy (non-hydrogen) atoms. The average Bonchev–Trinajstić information content (AvgIpc) is 2.71. The Hall–Kier alpha value is -3.29. The summed E-state index contributed by atoms with van der Waals surface area (Å²) in [6.07, 6.45) is -8.43. The molecule has 1 fully saturated rings. The van der Waals surface area contributed by atoms with Gasteiger partial charge in [-0.25, -0.2) is 4.79 Å². The number of ether oxygens (including phenoxy) is 5. The topological polar surface area (TPSA) is 181 Å². The minimum Gasteiger partial charge on any atom is -0.467 e. The number of carbonyl (C=O) groups is 3. The highest BCUT2D eigenvalue weighted by Crippen LogP contribution is 2.34. The van der Waals surface area contributed by atoms with Crippen LogP contribution in [0.15, 0.2) is 18.2 Å². The average molecular weight is 443 g/mol. The van der Waals surface area contributed by atoms with E-state index in [4.69, 9.17) is 18.9 Å². The Morgan fingerprint density at radius 3 is 2.29 bits per heavy atom. The van der Waals surface area contributed by atoms with E-state index in [1.165, 1.54) is 6.07 Å². The molecule has 1 unspecified atom stereocenters. The smallest absolute Gasteiger partial charge is 0.338 e. The lowest BCUT2D eigenvalue weighted by Crippen LogP contribution is -2.63. The highest BCUT2D eigenvalue weighted by molar-refractivity contribution is 5.76. The molecule has 0 spiro atoms. The van der Waals surface area contributed by atoms with Gasteiger partial charge in [0.05, 0.1) is 18.6 Å². The van der Waals surface area contributed by atoms with Crippen LogP contribution < -0.4 is 4.74 Å². The molecule has 170 valence electrons. The Balaban J connectivity index is 2.49. The van der Waals surface area contributed by atoms with Crippen molar-refractivity contribution in [2.24, 2.45) is 0 Å². The summed E-state index contributed by atoms with van der Waals surface area (Å²) in [5, 5.41) is 31.1. The van der Waals surface area contributed by atoms with Gasteiger partial charge in [-0.1, -0.05) is 6.07 Å². The maximum absolute atomic E-state index is 12.0. The van der Waals surface area contributed by atoms with Gasteiger partial charge in [0.2, 0.25) is 12.4 Å². The summed E-state index contributed by atoms with van der Waals surface area (Å²) in [6.45, 7) is 1.58. The first kappa shape index (κ1) is 24.0. The summed E-state index contributed by atoms with van der Waals surface area (Å²) in [5.74, 6) is -3.15. The Kier molecular flexibility index (Phi) is 7.85. The molecule has 1 saturated heterocycles. The molecule has 13 nitrogen and oxygen atoms in total. The number of aliphatic hydroxyl groups is 2. The Bertz CT molecular complexity index is 856. The zero-order valence-electron chi connectivity index (χ0n) is 16.8. The van der Waals surface area contributed by atoms with E-state index in [1.807, 2.05) is 0 Å². The SMILES string of the molecule is COC(=O)[C@H]1OC(Oc2ccc(CO)cc2[N+](=O)[O-])[C@H](OC(C)=O)[C@@H](OC(C)=O)[C@@H]1O. The van der Waals surface area contributed by atoms with Crippen molar-refractivity contribution in [3.63, 3.8) is 0 Å². The minimum absolute atomic E-state index is 0.223. The molecule has 1 aliphatic rings. The van der Waals surface area contributed by atoms with Crippen LogP contribution in [0.1, 0.15) is 19.4 Å². The van der Waals surface area contributed by atoms with Gasteiger partial charge >= 0.3 is 23.6 Å². The van der Waals surface area contributed by atoms with Gasteiger partial charge in [0.15, 0.2) is 18.0 Å². The van der Waals surface area contributed by atoms with E-state index < -0.39 is 65.8 Å². The third-order valence-electron chi connectivity index (χ3n) is 4.20. The van der Waals surface area contributed by atoms with Gasteiger partial charge < -0.3 is 33.9 Å². The van der Waals surface area contributed by atoms with Gasteiger partial charge in [0.25, 0.3) is 0 Å². The molecule has 1 aliphatic heterocycles. The molecular weight excluding hydrogens is 422 g/mol. The van der Waals surface area contributed by atoms with Crippen LogP contribution in [0, 0.1) is 10.1 Å². The summed E-state index contributed by atoms with van der Waals surface area (Å²) < 4.78 is 25.6. The van der Waals surface area contributed by atoms with Crippen molar-refractivity contribution in [2.45, 2.75) is 51.2 Å². The number of rotatable bonds is 7. The van der Waals surface area contributed by atoms with Gasteiger partial charge in [0, 0.05) is 19.9 Å². The normalized spacial score (nSPS) is 25.3. The van der Waals surface area contributed by atoms with Crippen LogP contribution >= 0.6 is 0 Å². The van der Waals surface area contributed by atoms with Crippen LogP contribution in [0.25, 0.3) is 0 Å². The van der Waals surface area contributed by atoms with Crippen molar-refractivity contribution >= 4 is 23.6 Å². The number of hydrogen-bond acceptors (Lipinski definition) is 12. The highest BCUT2D eigenvalue weighted by Gasteiger charge is 2.53. The fourth-order valence-corrected chi connectivity index (χ4v) is 2.90. The van der Waals surface area contributed by atoms with Crippen LogP contribution in [0.2, 0.25) is 0 Å². The molecule has 0 bridgehead atoms. The maximum atomic E-state index is 12.0. The largest absolute Gasteiger partial charge is 0.467 e. The Morgan fingerprint density at radius 2 is 1.77 bits per heavy atom. The summed E-state index contributed by atoms with van der Waals surface area (Å²) in [4.78, 5) is 45.8. The van der Waals surface area contributed by atoms with Crippen molar-refractivity contribution in [2.75, 3.05) is 7.11 Å². The molecular formula is C18H21NO12. The van der Waals surface area contributed by atoms with E-state index >= 15 is 0 Å². The highest BCUT2D eigenvalue weighted by atomic mass is 16.7. The number of esters is 3. The first-order chi connectivity index (χ1) is 14.6. The molecule has 0 aliphatic carbocycles. The number of aliphatic hydroxyl groups excluding tert-OH is 2. The Morgan fingerprint density at radius 1 is 1.16 bits per heavy atom. The lowest BCUT2D eigenvalue weighted by atomic mass is 9.98. The number of hydrogen-bond donors (Lipinski definition) is 2. The van der Waals surface area contributed by atoms with Crippen LogP contribution in [-0.4, -0.2) is 70.9 Å². The van der Waals surface area contributed by atoms with Crippen molar-refractivity contribution in [3.8, 4) is 5.75 Å². The van der Waals surface area contributed by atoms with E-state index in [2.05, 4.69) is 4.74 Å². The number of nitro groups is 1. The number of nitro benzene ring substituents is 1. The quantitative estimate of drug-likeness (QED) is 0.241. The fraction of sp³-hybridized carbons (Fsp3) is 0.500. The number of methoxy groups -OCH3 is 1. The predicted octanol–water partition coefficient (Wildman–Crippen LogP) is -0.412. The van der Waals surface area contributed by atoms with Gasteiger partial charge in [0.1, 0.15) is 6.10 Å². The van der Waals surface area contributed by atoms with Crippen LogP contribution in [0.5, 0.6) is 5.75 Å². The molecule has 1 aromatic rings. The van der Waals surface area contributed by atoms with Crippen LogP contribution in [0.4, 0.5) is 5.69 Å². The Labute approximate surface area is 175 Å². The van der Waals surface area contributed by atoms with Crippen molar-refractivity contribution in [3.05, 3.63) is 33.9 Å². The molecule has 0 amide bonds. The van der Waals surface area contributed by atoms with Gasteiger partial charge in [-0.3, -0.25) is 19.7 Å². The van der Waals surface area contributed by atoms with E-state index in [-0.39, 0.29) is 11.3 Å². The second-order valence-corrected chi connectivity index (χ2v) is 6.42. The molecule has 13 heteroatoms. The lowest BCUT2D eigenvalue weighted by molar-refractivity contribution is -0.387. The van der Waals surface area contributed by atoms with E-state index in [9.17, 15) is 34.7 Å². The fourth-order valence-electron chi connectivity index (χ4n) is 2.90. The molecule has 5 atom stereocenters. The molecule has 1 aromatic carbocycles. The van der Waals surface area contributed by atoms with E-state index in [0.29, 0.717) is 0 Å². The van der Waals surface area contributed by atoms with Gasteiger partial charge in [-0.2, -0.15) is 0 Å². The predicted molar refractivity (Wildman–Crippen MR) is 97.4 cm³/mol. The molecule has 2 N–H and O–H groups in total. The molecule has 0 aromatic heterocycles. The zero-order chi connectivity index (χ0) is 23.3. The number of carbonyl (C=O) groups excluding carboxylic acids is 3. The first-order valence-electron chi connectivity index (χ1n) is 8.89. The first-order valence-corrected chi connectivity index (χ1v) is 8.89. The van der Waals surface area contributed by atoms with Gasteiger partial charge in [-0.05, 0) is 11.6 Å². The minimum atomic E-state index is -1.80. The standard InChI is InChI=1S/C18H21NO12/c1-8(21)28-14-13(23)15(17(24)27-3)31-18(16(14)29-9(2)22)30-12-5-4-10(7-20)6-11(12)19(25)26/h4-6,13-16,18,20,23H,7H2,1-3H3/t13-,14-,15-,16+,18?/m0/s1. The summed E-state index contributed by atoms with van der Waals surface area (Å²) >= 11 is 0. The zero-order valence-corrected chi connectivity index (χ0v) is 16.8. The number of nitrogens with zero attached hydrogens (tertiary/aromatic N) is 1.